The predicted octanol–water partition coefficient (Wildman–Crippen LogP) is 4.80. The maximum absolute atomic E-state index is 13.2. The lowest BCUT2D eigenvalue weighted by Gasteiger charge is -2.28. The first-order valence-electron chi connectivity index (χ1n) is 11.8. The van der Waals surface area contributed by atoms with Gasteiger partial charge in [-0.1, -0.05) is 68.3 Å². The van der Waals surface area contributed by atoms with Crippen molar-refractivity contribution in [3.63, 3.8) is 0 Å². The largest absolute Gasteiger partial charge is 0.503 e. The number of hydrogen-bond donors (Lipinski definition) is 1. The molecule has 2 aromatic rings. The molecule has 1 aliphatic heterocycles. The first-order chi connectivity index (χ1) is 16.4. The van der Waals surface area contributed by atoms with Gasteiger partial charge >= 0.3 is 0 Å². The fourth-order valence-corrected chi connectivity index (χ4v) is 3.90. The van der Waals surface area contributed by atoms with E-state index < -0.39 is 17.7 Å². The van der Waals surface area contributed by atoms with E-state index in [1.165, 1.54) is 6.08 Å². The Labute approximate surface area is 202 Å². The molecule has 0 aromatic heterocycles. The summed E-state index contributed by atoms with van der Waals surface area (Å²) in [7, 11) is 3.84. The van der Waals surface area contributed by atoms with Crippen molar-refractivity contribution in [2.45, 2.75) is 32.2 Å². The topological polar surface area (TPSA) is 70.1 Å². The molecule has 1 atom stereocenters. The number of nitrogens with zero attached hydrogens (tertiary/aromatic N) is 2. The number of aliphatic hydroxyl groups excluding tert-OH is 1. The van der Waals surface area contributed by atoms with Crippen LogP contribution in [-0.2, 0) is 9.59 Å². The Morgan fingerprint density at radius 2 is 1.79 bits per heavy atom. The number of rotatable bonds is 12. The van der Waals surface area contributed by atoms with E-state index in [0.29, 0.717) is 19.7 Å². The third-order valence-corrected chi connectivity index (χ3v) is 5.80. The van der Waals surface area contributed by atoms with Crippen molar-refractivity contribution < 1.29 is 19.4 Å². The quantitative estimate of drug-likeness (QED) is 0.363. The highest BCUT2D eigenvalue weighted by Crippen LogP contribution is 2.38. The number of amides is 1. The molecule has 0 radical (unpaired) electrons. The van der Waals surface area contributed by atoms with Crippen LogP contribution >= 0.6 is 0 Å². The zero-order valence-electron chi connectivity index (χ0n) is 20.2. The Balaban J connectivity index is 1.87. The van der Waals surface area contributed by atoms with E-state index in [4.69, 9.17) is 4.74 Å². The molecule has 3 rings (SSSR count). The summed E-state index contributed by atoms with van der Waals surface area (Å²) in [6.07, 6.45) is 6.36. The number of benzene rings is 2. The van der Waals surface area contributed by atoms with E-state index in [1.807, 2.05) is 73.6 Å². The molecule has 6 nitrogen and oxygen atoms in total. The van der Waals surface area contributed by atoms with Gasteiger partial charge in [0.05, 0.1) is 18.2 Å². The summed E-state index contributed by atoms with van der Waals surface area (Å²) in [6, 6.07) is 16.2. The van der Waals surface area contributed by atoms with Crippen LogP contribution in [0.4, 0.5) is 0 Å². The van der Waals surface area contributed by atoms with Crippen LogP contribution in [0, 0.1) is 0 Å². The molecule has 1 unspecified atom stereocenters. The number of carbonyl (C=O) groups excluding carboxylic acids is 2. The van der Waals surface area contributed by atoms with Crippen molar-refractivity contribution >= 4 is 17.8 Å². The molecule has 2 aromatic carbocycles. The predicted molar refractivity (Wildman–Crippen MR) is 135 cm³/mol. The van der Waals surface area contributed by atoms with Gasteiger partial charge in [0.15, 0.2) is 11.5 Å². The third-order valence-electron chi connectivity index (χ3n) is 5.80. The van der Waals surface area contributed by atoms with Gasteiger partial charge in [0.25, 0.3) is 5.91 Å². The molecule has 1 heterocycles. The SMILES string of the molecule is CCCCCOc1ccc(C2C(C(=O)/C=C/c3ccccc3)=C(O)C(=O)N2CCN(C)C)cc1. The summed E-state index contributed by atoms with van der Waals surface area (Å²) in [5.41, 5.74) is 1.73. The van der Waals surface area contributed by atoms with Gasteiger partial charge in [0.1, 0.15) is 5.75 Å². The molecular formula is C28H34N2O4. The average molecular weight is 463 g/mol. The average Bonchev–Trinajstić information content (AvgIpc) is 3.10. The lowest BCUT2D eigenvalue weighted by molar-refractivity contribution is -0.129. The molecule has 180 valence electrons. The van der Waals surface area contributed by atoms with Gasteiger partial charge < -0.3 is 19.6 Å². The van der Waals surface area contributed by atoms with Crippen LogP contribution < -0.4 is 4.74 Å². The number of likely N-dealkylation sites (N-methyl/N-ethyl adjacent to an activating group) is 1. The van der Waals surface area contributed by atoms with Crippen molar-refractivity contribution in [2.75, 3.05) is 33.8 Å². The smallest absolute Gasteiger partial charge is 0.290 e. The van der Waals surface area contributed by atoms with Crippen LogP contribution in [-0.4, -0.2) is 60.4 Å². The second kappa shape index (κ2) is 12.2. The Morgan fingerprint density at radius 1 is 1.09 bits per heavy atom. The Bertz CT molecular complexity index is 1030. The highest BCUT2D eigenvalue weighted by atomic mass is 16.5. The van der Waals surface area contributed by atoms with Crippen molar-refractivity contribution in [1.82, 2.24) is 9.80 Å². The molecule has 0 saturated carbocycles. The van der Waals surface area contributed by atoms with E-state index in [9.17, 15) is 14.7 Å². The van der Waals surface area contributed by atoms with Gasteiger partial charge in [0, 0.05) is 13.1 Å². The summed E-state index contributed by atoms with van der Waals surface area (Å²) in [4.78, 5) is 29.7. The number of aliphatic hydroxyl groups is 1. The van der Waals surface area contributed by atoms with Crippen LogP contribution in [0.5, 0.6) is 5.75 Å². The van der Waals surface area contributed by atoms with E-state index in [2.05, 4.69) is 6.92 Å². The molecule has 0 saturated heterocycles. The van der Waals surface area contributed by atoms with Crippen molar-refractivity contribution in [2.24, 2.45) is 0 Å². The van der Waals surface area contributed by atoms with E-state index in [1.54, 1.807) is 11.0 Å². The minimum absolute atomic E-state index is 0.104. The summed E-state index contributed by atoms with van der Waals surface area (Å²) >= 11 is 0. The van der Waals surface area contributed by atoms with Crippen LogP contribution in [0.3, 0.4) is 0 Å². The summed E-state index contributed by atoms with van der Waals surface area (Å²) in [6.45, 7) is 3.79. The molecule has 0 bridgehead atoms. The fraction of sp³-hybridized carbons (Fsp3) is 0.357. The monoisotopic (exact) mass is 462 g/mol. The molecule has 0 fully saturated rings. The van der Waals surface area contributed by atoms with Gasteiger partial charge in [-0.3, -0.25) is 9.59 Å². The Morgan fingerprint density at radius 3 is 2.44 bits per heavy atom. The Kier molecular flexibility index (Phi) is 9.05. The molecule has 1 amide bonds. The molecular weight excluding hydrogens is 428 g/mol. The Hall–Kier alpha value is -3.38. The first-order valence-corrected chi connectivity index (χ1v) is 11.8. The summed E-state index contributed by atoms with van der Waals surface area (Å²) < 4.78 is 5.81. The second-order valence-electron chi connectivity index (χ2n) is 8.70. The standard InChI is InChI=1S/C28H34N2O4/c1-4-5-9-20-34-23-15-13-22(14-16-23)26-25(24(31)17-12-21-10-7-6-8-11-21)27(32)28(33)30(26)19-18-29(2)3/h6-8,10-17,26,32H,4-5,9,18-20H2,1-3H3/b17-12+. The highest BCUT2D eigenvalue weighted by Gasteiger charge is 2.42. The van der Waals surface area contributed by atoms with Gasteiger partial charge in [-0.2, -0.15) is 0 Å². The van der Waals surface area contributed by atoms with E-state index >= 15 is 0 Å². The zero-order chi connectivity index (χ0) is 24.5. The highest BCUT2D eigenvalue weighted by molar-refractivity contribution is 6.14. The summed E-state index contributed by atoms with van der Waals surface area (Å²) in [5.74, 6) is -0.643. The van der Waals surface area contributed by atoms with Gasteiger partial charge in [0.2, 0.25) is 0 Å². The second-order valence-corrected chi connectivity index (χ2v) is 8.70. The van der Waals surface area contributed by atoms with Crippen molar-refractivity contribution in [1.29, 1.82) is 0 Å². The van der Waals surface area contributed by atoms with Gasteiger partial charge in [-0.15, -0.1) is 0 Å². The molecule has 0 aliphatic carbocycles. The third kappa shape index (κ3) is 6.35. The van der Waals surface area contributed by atoms with E-state index in [-0.39, 0.29) is 11.4 Å². The fourth-order valence-electron chi connectivity index (χ4n) is 3.90. The number of unbranched alkanes of at least 4 members (excludes halogenated alkanes) is 2. The maximum atomic E-state index is 13.2. The minimum atomic E-state index is -0.658. The molecule has 1 N–H and O–H groups in total. The van der Waals surface area contributed by atoms with Crippen LogP contribution in [0.2, 0.25) is 0 Å². The molecule has 0 spiro atoms. The van der Waals surface area contributed by atoms with Crippen LogP contribution in [0.25, 0.3) is 6.08 Å². The van der Waals surface area contributed by atoms with E-state index in [0.717, 1.165) is 36.1 Å². The number of carbonyl (C=O) groups is 2. The molecule has 6 heteroatoms. The van der Waals surface area contributed by atoms with Gasteiger partial charge in [-0.25, -0.2) is 0 Å². The van der Waals surface area contributed by atoms with Crippen molar-refractivity contribution in [3.8, 4) is 5.75 Å². The van der Waals surface area contributed by atoms with Crippen molar-refractivity contribution in [3.05, 3.63) is 83.1 Å². The normalized spacial score (nSPS) is 16.2. The zero-order valence-corrected chi connectivity index (χ0v) is 20.2. The number of ether oxygens (including phenoxy) is 1. The number of allylic oxidation sites excluding steroid dienone is 1. The molecule has 1 aliphatic rings. The summed E-state index contributed by atoms with van der Waals surface area (Å²) in [5, 5.41) is 10.7. The van der Waals surface area contributed by atoms with Crippen LogP contribution in [0.1, 0.15) is 43.4 Å². The number of ketones is 1. The number of hydrogen-bond acceptors (Lipinski definition) is 5. The van der Waals surface area contributed by atoms with Crippen LogP contribution in [0.15, 0.2) is 72.0 Å². The lowest BCUT2D eigenvalue weighted by Crippen LogP contribution is -2.36. The lowest BCUT2D eigenvalue weighted by atomic mass is 9.95. The molecule has 34 heavy (non-hydrogen) atoms. The maximum Gasteiger partial charge on any atom is 0.290 e. The first kappa shape index (κ1) is 25.2. The van der Waals surface area contributed by atoms with Gasteiger partial charge in [-0.05, 0) is 49.9 Å². The minimum Gasteiger partial charge on any atom is -0.503 e.